The Morgan fingerprint density at radius 3 is 2.42 bits per heavy atom. The minimum atomic E-state index is -4.51. The number of hydrogen-bond acceptors (Lipinski definition) is 6. The van der Waals surface area contributed by atoms with E-state index in [2.05, 4.69) is 10.1 Å². The highest BCUT2D eigenvalue weighted by Crippen LogP contribution is 2.28. The van der Waals surface area contributed by atoms with Crippen molar-refractivity contribution >= 4 is 15.8 Å². The van der Waals surface area contributed by atoms with E-state index >= 15 is 0 Å². The number of rotatable bonds is 7. The van der Waals surface area contributed by atoms with Crippen molar-refractivity contribution in [3.05, 3.63) is 71.7 Å². The molecule has 0 unspecified atom stereocenters. The second-order valence-electron chi connectivity index (χ2n) is 6.58. The molecule has 2 aromatic heterocycles. The summed E-state index contributed by atoms with van der Waals surface area (Å²) in [5.74, 6) is -0.788. The van der Waals surface area contributed by atoms with Crippen molar-refractivity contribution in [2.24, 2.45) is 0 Å². The number of benzene rings is 1. The van der Waals surface area contributed by atoms with Gasteiger partial charge in [0, 0.05) is 6.20 Å². The molecule has 0 amide bonds. The Bertz CT molecular complexity index is 1160. The van der Waals surface area contributed by atoms with Gasteiger partial charge in [-0.2, -0.15) is 18.3 Å². The number of sulfone groups is 1. The molecule has 31 heavy (non-hydrogen) atoms. The maximum atomic E-state index is 12.7. The van der Waals surface area contributed by atoms with E-state index < -0.39 is 27.5 Å². The highest BCUT2D eigenvalue weighted by atomic mass is 32.2. The molecular formula is C20H18F3N3O4S. The van der Waals surface area contributed by atoms with Crippen LogP contribution in [0.1, 0.15) is 28.0 Å². The molecule has 0 fully saturated rings. The lowest BCUT2D eigenvalue weighted by Crippen LogP contribution is -2.13. The van der Waals surface area contributed by atoms with Gasteiger partial charge >= 0.3 is 12.1 Å². The van der Waals surface area contributed by atoms with Crippen LogP contribution in [-0.2, 0) is 20.8 Å². The van der Waals surface area contributed by atoms with Gasteiger partial charge in [-0.15, -0.1) is 0 Å². The Morgan fingerprint density at radius 2 is 1.81 bits per heavy atom. The van der Waals surface area contributed by atoms with Crippen LogP contribution in [0.2, 0.25) is 0 Å². The molecule has 0 spiro atoms. The van der Waals surface area contributed by atoms with Crippen molar-refractivity contribution in [2.75, 3.05) is 12.4 Å². The lowest BCUT2D eigenvalue weighted by molar-refractivity contribution is -0.137. The summed E-state index contributed by atoms with van der Waals surface area (Å²) >= 11 is 0. The van der Waals surface area contributed by atoms with Crippen LogP contribution >= 0.6 is 0 Å². The molecule has 0 saturated carbocycles. The minimum absolute atomic E-state index is 0.104. The Labute approximate surface area is 176 Å². The van der Waals surface area contributed by atoms with E-state index in [0.29, 0.717) is 11.9 Å². The Balaban J connectivity index is 1.60. The summed E-state index contributed by atoms with van der Waals surface area (Å²) in [7, 11) is -3.47. The van der Waals surface area contributed by atoms with Gasteiger partial charge in [0.25, 0.3) is 0 Å². The standard InChI is InChI=1S/C20H18F3N3O4S/c1-14-17(13-25-26(14)18-9-8-15(12-24-18)20(21,22)23)19(27)30-10-5-11-31(28,29)16-6-3-2-4-7-16/h2-4,6-9,12-13H,5,10-11H2,1H3. The molecule has 3 rings (SSSR count). The molecule has 0 aliphatic carbocycles. The molecule has 1 aromatic carbocycles. The largest absolute Gasteiger partial charge is 0.462 e. The molecule has 0 saturated heterocycles. The third kappa shape index (κ3) is 5.29. The number of pyridine rings is 1. The fourth-order valence-corrected chi connectivity index (χ4v) is 4.06. The molecule has 2 heterocycles. The van der Waals surface area contributed by atoms with Gasteiger partial charge in [0.1, 0.15) is 5.56 Å². The van der Waals surface area contributed by atoms with Crippen LogP contribution in [0.4, 0.5) is 13.2 Å². The van der Waals surface area contributed by atoms with Crippen LogP contribution in [0, 0.1) is 6.92 Å². The van der Waals surface area contributed by atoms with Crippen LogP contribution < -0.4 is 0 Å². The fourth-order valence-electron chi connectivity index (χ4n) is 2.76. The van der Waals surface area contributed by atoms with Gasteiger partial charge < -0.3 is 4.74 Å². The molecule has 11 heteroatoms. The molecule has 3 aromatic rings. The summed E-state index contributed by atoms with van der Waals surface area (Å²) in [6, 6.07) is 9.96. The second-order valence-corrected chi connectivity index (χ2v) is 8.69. The van der Waals surface area contributed by atoms with Crippen LogP contribution in [0.5, 0.6) is 0 Å². The number of carbonyl (C=O) groups excluding carboxylic acids is 1. The topological polar surface area (TPSA) is 91.2 Å². The van der Waals surface area contributed by atoms with Crippen LogP contribution in [0.25, 0.3) is 5.82 Å². The van der Waals surface area contributed by atoms with Crippen LogP contribution in [0.15, 0.2) is 59.8 Å². The van der Waals surface area contributed by atoms with Crippen LogP contribution in [0.3, 0.4) is 0 Å². The summed E-state index contributed by atoms with van der Waals surface area (Å²) < 4.78 is 68.8. The zero-order valence-corrected chi connectivity index (χ0v) is 17.2. The van der Waals surface area contributed by atoms with E-state index in [9.17, 15) is 26.4 Å². The number of nitrogens with zero attached hydrogens (tertiary/aromatic N) is 3. The number of esters is 1. The first-order valence-corrected chi connectivity index (χ1v) is 10.8. The summed E-state index contributed by atoms with van der Waals surface area (Å²) in [5.41, 5.74) is -0.465. The van der Waals surface area contributed by atoms with E-state index in [1.165, 1.54) is 23.0 Å². The van der Waals surface area contributed by atoms with E-state index in [-0.39, 0.29) is 35.1 Å². The van der Waals surface area contributed by atoms with Gasteiger partial charge in [0.2, 0.25) is 0 Å². The zero-order chi connectivity index (χ0) is 22.6. The highest BCUT2D eigenvalue weighted by molar-refractivity contribution is 7.91. The number of carbonyl (C=O) groups is 1. The average Bonchev–Trinajstić information content (AvgIpc) is 3.12. The molecule has 0 bridgehead atoms. The maximum Gasteiger partial charge on any atom is 0.417 e. The normalized spacial score (nSPS) is 12.0. The summed E-state index contributed by atoms with van der Waals surface area (Å²) in [5, 5.41) is 3.98. The molecule has 0 aliphatic rings. The Kier molecular flexibility index (Phi) is 6.44. The fraction of sp³-hybridized carbons (Fsp3) is 0.250. The van der Waals surface area contributed by atoms with E-state index in [4.69, 9.17) is 4.74 Å². The predicted molar refractivity (Wildman–Crippen MR) is 104 cm³/mol. The van der Waals surface area contributed by atoms with Gasteiger partial charge in [-0.25, -0.2) is 22.9 Å². The minimum Gasteiger partial charge on any atom is -0.462 e. The van der Waals surface area contributed by atoms with Crippen molar-refractivity contribution in [3.63, 3.8) is 0 Å². The highest BCUT2D eigenvalue weighted by Gasteiger charge is 2.31. The third-order valence-electron chi connectivity index (χ3n) is 4.41. The van der Waals surface area contributed by atoms with Gasteiger partial charge in [0.15, 0.2) is 15.7 Å². The van der Waals surface area contributed by atoms with Gasteiger partial charge in [-0.1, -0.05) is 18.2 Å². The van der Waals surface area contributed by atoms with E-state index in [1.54, 1.807) is 25.1 Å². The first-order chi connectivity index (χ1) is 14.6. The number of ether oxygens (including phenoxy) is 1. The zero-order valence-electron chi connectivity index (χ0n) is 16.3. The van der Waals surface area contributed by atoms with E-state index in [0.717, 1.165) is 12.1 Å². The summed E-state index contributed by atoms with van der Waals surface area (Å²) in [4.78, 5) is 16.2. The first-order valence-electron chi connectivity index (χ1n) is 9.13. The smallest absolute Gasteiger partial charge is 0.417 e. The predicted octanol–water partition coefficient (Wildman–Crippen LogP) is 3.62. The lowest BCUT2D eigenvalue weighted by atomic mass is 10.2. The maximum absolute atomic E-state index is 12.7. The summed E-state index contributed by atoms with van der Waals surface area (Å²) in [6.07, 6.45) is -2.50. The monoisotopic (exact) mass is 453 g/mol. The van der Waals surface area contributed by atoms with Gasteiger partial charge in [-0.05, 0) is 37.6 Å². The molecule has 7 nitrogen and oxygen atoms in total. The number of aromatic nitrogens is 3. The molecular weight excluding hydrogens is 435 g/mol. The van der Waals surface area contributed by atoms with Gasteiger partial charge in [0.05, 0.1) is 34.7 Å². The molecule has 0 N–H and O–H groups in total. The van der Waals surface area contributed by atoms with Crippen molar-refractivity contribution in [2.45, 2.75) is 24.4 Å². The molecule has 0 radical (unpaired) electrons. The number of alkyl halides is 3. The lowest BCUT2D eigenvalue weighted by Gasteiger charge is -2.08. The Hall–Kier alpha value is -3.21. The Morgan fingerprint density at radius 1 is 1.10 bits per heavy atom. The summed E-state index contributed by atoms with van der Waals surface area (Å²) in [6.45, 7) is 1.43. The second kappa shape index (κ2) is 8.88. The van der Waals surface area contributed by atoms with Crippen molar-refractivity contribution in [1.82, 2.24) is 14.8 Å². The first kappa shape index (κ1) is 22.5. The SMILES string of the molecule is Cc1c(C(=O)OCCCS(=O)(=O)c2ccccc2)cnn1-c1ccc(C(F)(F)F)cn1. The van der Waals surface area contributed by atoms with E-state index in [1.807, 2.05) is 0 Å². The average molecular weight is 453 g/mol. The molecule has 0 atom stereocenters. The van der Waals surface area contributed by atoms with Crippen molar-refractivity contribution < 1.29 is 31.1 Å². The van der Waals surface area contributed by atoms with Crippen molar-refractivity contribution in [1.29, 1.82) is 0 Å². The quantitative estimate of drug-likeness (QED) is 0.401. The molecule has 0 aliphatic heterocycles. The molecule has 164 valence electrons. The van der Waals surface area contributed by atoms with Gasteiger partial charge in [-0.3, -0.25) is 0 Å². The number of hydrogen-bond donors (Lipinski definition) is 0. The third-order valence-corrected chi connectivity index (χ3v) is 6.23. The number of halogens is 3. The van der Waals surface area contributed by atoms with Crippen molar-refractivity contribution in [3.8, 4) is 5.82 Å². The van der Waals surface area contributed by atoms with Crippen LogP contribution in [-0.4, -0.2) is 41.5 Å².